The third kappa shape index (κ3) is 3.45. The van der Waals surface area contributed by atoms with Crippen LogP contribution in [0.3, 0.4) is 0 Å². The molecule has 3 N–H and O–H groups in total. The number of carbonyl (C=O) groups excluding carboxylic acids is 1. The van der Waals surface area contributed by atoms with Gasteiger partial charge in [0.1, 0.15) is 5.75 Å². The lowest BCUT2D eigenvalue weighted by Crippen LogP contribution is -2.19. The van der Waals surface area contributed by atoms with Gasteiger partial charge in [-0.15, -0.1) is 0 Å². The first-order chi connectivity index (χ1) is 10.4. The zero-order valence-electron chi connectivity index (χ0n) is 10.8. The normalized spacial score (nSPS) is 10.1. The molecule has 0 spiro atoms. The standard InChI is InChI=1S/C13H9F2N3O4/c14-9-3-1-7(5-10(9)15)16-13(20)17-11-4-2-8(18(21)22)6-12(11)19/h1-6,19H,(H2,16,17,20). The number of amides is 2. The summed E-state index contributed by atoms with van der Waals surface area (Å²) in [6.45, 7) is 0. The van der Waals surface area contributed by atoms with Crippen LogP contribution in [-0.2, 0) is 0 Å². The molecule has 114 valence electrons. The zero-order chi connectivity index (χ0) is 16.3. The van der Waals surface area contributed by atoms with E-state index in [0.29, 0.717) is 0 Å². The highest BCUT2D eigenvalue weighted by atomic mass is 19.2. The van der Waals surface area contributed by atoms with Crippen LogP contribution < -0.4 is 10.6 Å². The van der Waals surface area contributed by atoms with E-state index in [0.717, 1.165) is 36.4 Å². The minimum Gasteiger partial charge on any atom is -0.506 e. The number of nitrogens with zero attached hydrogens (tertiary/aromatic N) is 1. The topological polar surface area (TPSA) is 104 Å². The smallest absolute Gasteiger partial charge is 0.323 e. The van der Waals surface area contributed by atoms with Crippen LogP contribution in [0.5, 0.6) is 5.75 Å². The van der Waals surface area contributed by atoms with Crippen LogP contribution in [0.4, 0.5) is 30.6 Å². The Kier molecular flexibility index (Phi) is 4.16. The Bertz CT molecular complexity index is 752. The average molecular weight is 309 g/mol. The summed E-state index contributed by atoms with van der Waals surface area (Å²) < 4.78 is 25.7. The van der Waals surface area contributed by atoms with Gasteiger partial charge < -0.3 is 15.7 Å². The van der Waals surface area contributed by atoms with E-state index in [2.05, 4.69) is 10.6 Å². The Balaban J connectivity index is 2.08. The van der Waals surface area contributed by atoms with E-state index in [-0.39, 0.29) is 17.1 Å². The van der Waals surface area contributed by atoms with Crippen molar-refractivity contribution in [3.63, 3.8) is 0 Å². The number of phenolic OH excluding ortho intramolecular Hbond substituents is 1. The van der Waals surface area contributed by atoms with Gasteiger partial charge in [0.05, 0.1) is 16.7 Å². The lowest BCUT2D eigenvalue weighted by molar-refractivity contribution is -0.384. The molecule has 0 radical (unpaired) electrons. The first-order valence-corrected chi connectivity index (χ1v) is 5.87. The van der Waals surface area contributed by atoms with E-state index < -0.39 is 28.3 Å². The summed E-state index contributed by atoms with van der Waals surface area (Å²) in [5, 5.41) is 24.5. The summed E-state index contributed by atoms with van der Waals surface area (Å²) in [6.07, 6.45) is 0. The summed E-state index contributed by atoms with van der Waals surface area (Å²) in [6, 6.07) is 5.03. The van der Waals surface area contributed by atoms with Gasteiger partial charge in [-0.1, -0.05) is 0 Å². The number of nitro benzene ring substituents is 1. The van der Waals surface area contributed by atoms with E-state index in [9.17, 15) is 28.8 Å². The van der Waals surface area contributed by atoms with Crippen molar-refractivity contribution in [2.45, 2.75) is 0 Å². The lowest BCUT2D eigenvalue weighted by atomic mass is 10.2. The summed E-state index contributed by atoms with van der Waals surface area (Å²) in [5.41, 5.74) is -0.424. The quantitative estimate of drug-likeness (QED) is 0.460. The molecule has 2 aromatic carbocycles. The monoisotopic (exact) mass is 309 g/mol. The van der Waals surface area contributed by atoms with Crippen LogP contribution in [0.25, 0.3) is 0 Å². The van der Waals surface area contributed by atoms with Crippen LogP contribution in [0.15, 0.2) is 36.4 Å². The maximum Gasteiger partial charge on any atom is 0.323 e. The number of non-ortho nitro benzene ring substituents is 1. The Morgan fingerprint density at radius 3 is 2.41 bits per heavy atom. The van der Waals surface area contributed by atoms with Crippen LogP contribution >= 0.6 is 0 Å². The first-order valence-electron chi connectivity index (χ1n) is 5.87. The van der Waals surface area contributed by atoms with Gasteiger partial charge in [-0.05, 0) is 18.2 Å². The highest BCUT2D eigenvalue weighted by molar-refractivity contribution is 6.00. The molecule has 0 heterocycles. The molecule has 2 rings (SSSR count). The SMILES string of the molecule is O=C(Nc1ccc(F)c(F)c1)Nc1ccc([N+](=O)[O-])cc1O. The minimum atomic E-state index is -1.13. The Morgan fingerprint density at radius 1 is 1.09 bits per heavy atom. The van der Waals surface area contributed by atoms with Crippen molar-refractivity contribution in [3.8, 4) is 5.75 Å². The maximum atomic E-state index is 13.0. The molecule has 0 saturated heterocycles. The molecule has 0 aromatic heterocycles. The summed E-state index contributed by atoms with van der Waals surface area (Å²) in [7, 11) is 0. The molecule has 0 saturated carbocycles. The molecule has 2 amide bonds. The van der Waals surface area contributed by atoms with Gasteiger partial charge in [0, 0.05) is 17.8 Å². The van der Waals surface area contributed by atoms with Crippen LogP contribution in [0.1, 0.15) is 0 Å². The molecule has 0 fully saturated rings. The molecule has 0 aliphatic carbocycles. The van der Waals surface area contributed by atoms with Crippen LogP contribution in [0, 0.1) is 21.7 Å². The molecule has 0 aliphatic heterocycles. The summed E-state index contributed by atoms with van der Waals surface area (Å²) >= 11 is 0. The first kappa shape index (κ1) is 15.2. The van der Waals surface area contributed by atoms with Crippen molar-refractivity contribution in [2.24, 2.45) is 0 Å². The second kappa shape index (κ2) is 6.04. The highest BCUT2D eigenvalue weighted by Gasteiger charge is 2.12. The van der Waals surface area contributed by atoms with Gasteiger partial charge in [-0.3, -0.25) is 10.1 Å². The van der Waals surface area contributed by atoms with Gasteiger partial charge in [0.25, 0.3) is 5.69 Å². The predicted octanol–water partition coefficient (Wildman–Crippen LogP) is 3.22. The molecular weight excluding hydrogens is 300 g/mol. The fourth-order valence-corrected chi connectivity index (χ4v) is 1.60. The van der Waals surface area contributed by atoms with Gasteiger partial charge in [-0.2, -0.15) is 0 Å². The average Bonchev–Trinajstić information content (AvgIpc) is 2.45. The molecule has 0 atom stereocenters. The van der Waals surface area contributed by atoms with Gasteiger partial charge in [0.15, 0.2) is 11.6 Å². The zero-order valence-corrected chi connectivity index (χ0v) is 10.8. The van der Waals surface area contributed by atoms with E-state index in [1.807, 2.05) is 0 Å². The number of nitro groups is 1. The van der Waals surface area contributed by atoms with E-state index in [1.54, 1.807) is 0 Å². The molecule has 7 nitrogen and oxygen atoms in total. The van der Waals surface area contributed by atoms with Crippen molar-refractivity contribution < 1.29 is 23.6 Å². The molecule has 2 aromatic rings. The molecule has 0 bridgehead atoms. The number of carbonyl (C=O) groups is 1. The lowest BCUT2D eigenvalue weighted by Gasteiger charge is -2.09. The third-order valence-electron chi connectivity index (χ3n) is 2.62. The summed E-state index contributed by atoms with van der Waals surface area (Å²) in [5.74, 6) is -2.69. The number of nitrogens with one attached hydrogen (secondary N) is 2. The van der Waals surface area contributed by atoms with E-state index in [4.69, 9.17) is 0 Å². The van der Waals surface area contributed by atoms with E-state index in [1.165, 1.54) is 0 Å². The number of anilines is 2. The predicted molar refractivity (Wildman–Crippen MR) is 73.8 cm³/mol. The second-order valence-corrected chi connectivity index (χ2v) is 4.17. The molecular formula is C13H9F2N3O4. The fraction of sp³-hybridized carbons (Fsp3) is 0. The highest BCUT2D eigenvalue weighted by Crippen LogP contribution is 2.28. The van der Waals surface area contributed by atoms with Crippen molar-refractivity contribution in [1.29, 1.82) is 0 Å². The Labute approximate surface area is 122 Å². The molecule has 9 heteroatoms. The number of urea groups is 1. The van der Waals surface area contributed by atoms with Gasteiger partial charge >= 0.3 is 6.03 Å². The number of aromatic hydroxyl groups is 1. The fourth-order valence-electron chi connectivity index (χ4n) is 1.60. The number of benzene rings is 2. The molecule has 22 heavy (non-hydrogen) atoms. The van der Waals surface area contributed by atoms with Gasteiger partial charge in [0.2, 0.25) is 0 Å². The number of hydrogen-bond donors (Lipinski definition) is 3. The maximum absolute atomic E-state index is 13.0. The van der Waals surface area contributed by atoms with Gasteiger partial charge in [-0.25, -0.2) is 13.6 Å². The van der Waals surface area contributed by atoms with Crippen molar-refractivity contribution >= 4 is 23.1 Å². The molecule has 0 aliphatic rings. The van der Waals surface area contributed by atoms with E-state index >= 15 is 0 Å². The minimum absolute atomic E-state index is 0.00204. The summed E-state index contributed by atoms with van der Waals surface area (Å²) in [4.78, 5) is 21.5. The van der Waals surface area contributed by atoms with Crippen molar-refractivity contribution in [2.75, 3.05) is 10.6 Å². The Hall–Kier alpha value is -3.23. The Morgan fingerprint density at radius 2 is 1.82 bits per heavy atom. The number of phenols is 1. The largest absolute Gasteiger partial charge is 0.506 e. The van der Waals surface area contributed by atoms with Crippen molar-refractivity contribution in [3.05, 3.63) is 58.1 Å². The molecule has 0 unspecified atom stereocenters. The number of halogens is 2. The number of hydrogen-bond acceptors (Lipinski definition) is 4. The third-order valence-corrected chi connectivity index (χ3v) is 2.62. The second-order valence-electron chi connectivity index (χ2n) is 4.17. The number of rotatable bonds is 3. The van der Waals surface area contributed by atoms with Crippen LogP contribution in [0.2, 0.25) is 0 Å². The van der Waals surface area contributed by atoms with Crippen molar-refractivity contribution in [1.82, 2.24) is 0 Å². The van der Waals surface area contributed by atoms with Crippen LogP contribution in [-0.4, -0.2) is 16.1 Å².